The van der Waals surface area contributed by atoms with E-state index in [0.29, 0.717) is 17.0 Å². The first-order chi connectivity index (χ1) is 9.39. The van der Waals surface area contributed by atoms with Crippen molar-refractivity contribution in [3.05, 3.63) is 28.8 Å². The Kier molecular flexibility index (Phi) is 5.84. The van der Waals surface area contributed by atoms with Gasteiger partial charge in [-0.1, -0.05) is 25.4 Å². The summed E-state index contributed by atoms with van der Waals surface area (Å²) in [5.74, 6) is -0.206. The highest BCUT2D eigenvalue weighted by Gasteiger charge is 2.17. The smallest absolute Gasteiger partial charge is 0.252 e. The summed E-state index contributed by atoms with van der Waals surface area (Å²) in [6, 6.07) is 7.45. The molecule has 0 saturated heterocycles. The fraction of sp³-hybridized carbons (Fsp3) is 0.467. The summed E-state index contributed by atoms with van der Waals surface area (Å²) >= 11 is 6.00. The summed E-state index contributed by atoms with van der Waals surface area (Å²) in [4.78, 5) is 11.7. The monoisotopic (exact) mass is 293 g/mol. The molecule has 0 aliphatic heterocycles. The molecule has 1 aromatic rings. The zero-order valence-electron chi connectivity index (χ0n) is 12.1. The number of carbonyl (C=O) groups is 1. The number of anilines is 1. The van der Waals surface area contributed by atoms with E-state index in [2.05, 4.69) is 30.6 Å². The molecule has 0 unspecified atom stereocenters. The van der Waals surface area contributed by atoms with Crippen molar-refractivity contribution in [1.29, 1.82) is 5.26 Å². The fourth-order valence-corrected chi connectivity index (χ4v) is 1.97. The normalized spacial score (nSPS) is 10.8. The first-order valence-corrected chi connectivity index (χ1v) is 6.90. The summed E-state index contributed by atoms with van der Waals surface area (Å²) in [5, 5.41) is 14.9. The van der Waals surface area contributed by atoms with Crippen LogP contribution >= 0.6 is 11.6 Å². The molecular weight excluding hydrogens is 274 g/mol. The maximum absolute atomic E-state index is 11.7. The number of halogens is 1. The van der Waals surface area contributed by atoms with E-state index in [1.165, 1.54) is 0 Å². The number of rotatable bonds is 6. The molecule has 1 aromatic carbocycles. The molecular formula is C15H20ClN3O. The fourth-order valence-electron chi connectivity index (χ4n) is 1.77. The van der Waals surface area contributed by atoms with Crippen molar-refractivity contribution in [3.63, 3.8) is 0 Å². The predicted octanol–water partition coefficient (Wildman–Crippen LogP) is 3.44. The molecule has 2 N–H and O–H groups in total. The molecule has 1 rings (SSSR count). The molecule has 0 aliphatic carbocycles. The second-order valence-electron chi connectivity index (χ2n) is 5.45. The van der Waals surface area contributed by atoms with Crippen LogP contribution in [0, 0.1) is 16.7 Å². The van der Waals surface area contributed by atoms with Crippen molar-refractivity contribution in [1.82, 2.24) is 5.32 Å². The minimum Gasteiger partial charge on any atom is -0.384 e. The maximum atomic E-state index is 11.7. The van der Waals surface area contributed by atoms with Gasteiger partial charge in [0.15, 0.2) is 0 Å². The van der Waals surface area contributed by atoms with Crippen molar-refractivity contribution < 1.29 is 4.79 Å². The van der Waals surface area contributed by atoms with Crippen LogP contribution in [0.5, 0.6) is 0 Å². The zero-order valence-corrected chi connectivity index (χ0v) is 12.8. The summed E-state index contributed by atoms with van der Waals surface area (Å²) in [6.07, 6.45) is 1.37. The van der Waals surface area contributed by atoms with E-state index >= 15 is 0 Å². The molecule has 0 heterocycles. The van der Waals surface area contributed by atoms with Crippen LogP contribution < -0.4 is 10.6 Å². The SMILES string of the molecule is CNC(=O)c1cc(NCC(C)(C)CCC#N)ccc1Cl. The number of amides is 1. The van der Waals surface area contributed by atoms with E-state index in [0.717, 1.165) is 18.7 Å². The Morgan fingerprint density at radius 1 is 1.45 bits per heavy atom. The molecule has 0 radical (unpaired) electrons. The third kappa shape index (κ3) is 4.75. The van der Waals surface area contributed by atoms with Gasteiger partial charge in [0.25, 0.3) is 5.91 Å². The topological polar surface area (TPSA) is 64.9 Å². The zero-order chi connectivity index (χ0) is 15.2. The van der Waals surface area contributed by atoms with Crippen LogP contribution in [0.2, 0.25) is 5.02 Å². The van der Waals surface area contributed by atoms with Gasteiger partial charge < -0.3 is 10.6 Å². The standard InChI is InChI=1S/C15H20ClN3O/c1-15(2,7-4-8-17)10-19-11-5-6-13(16)12(9-11)14(20)18-3/h5-6,9,19H,4,7,10H2,1-3H3,(H,18,20). The van der Waals surface area contributed by atoms with Gasteiger partial charge in [-0.05, 0) is 30.0 Å². The van der Waals surface area contributed by atoms with E-state index < -0.39 is 0 Å². The molecule has 20 heavy (non-hydrogen) atoms. The quantitative estimate of drug-likeness (QED) is 0.844. The van der Waals surface area contributed by atoms with Gasteiger partial charge in [0.05, 0.1) is 16.7 Å². The van der Waals surface area contributed by atoms with Crippen molar-refractivity contribution in [3.8, 4) is 6.07 Å². The number of carbonyl (C=O) groups excluding carboxylic acids is 1. The van der Waals surface area contributed by atoms with Crippen molar-refractivity contribution in [2.75, 3.05) is 18.9 Å². The van der Waals surface area contributed by atoms with Crippen LogP contribution in [0.1, 0.15) is 37.0 Å². The van der Waals surface area contributed by atoms with Crippen molar-refractivity contribution in [2.45, 2.75) is 26.7 Å². The van der Waals surface area contributed by atoms with E-state index in [9.17, 15) is 4.79 Å². The molecule has 0 aliphatic rings. The highest BCUT2D eigenvalue weighted by molar-refractivity contribution is 6.34. The lowest BCUT2D eigenvalue weighted by molar-refractivity contribution is 0.0963. The van der Waals surface area contributed by atoms with Crippen LogP contribution in [-0.2, 0) is 0 Å². The third-order valence-electron chi connectivity index (χ3n) is 3.12. The van der Waals surface area contributed by atoms with Gasteiger partial charge in [-0.3, -0.25) is 4.79 Å². The Hall–Kier alpha value is -1.73. The number of benzene rings is 1. The molecule has 4 nitrogen and oxygen atoms in total. The number of nitrogens with zero attached hydrogens (tertiary/aromatic N) is 1. The number of hydrogen-bond acceptors (Lipinski definition) is 3. The molecule has 0 bridgehead atoms. The molecule has 0 spiro atoms. The Bertz CT molecular complexity index is 520. The lowest BCUT2D eigenvalue weighted by Crippen LogP contribution is -2.23. The van der Waals surface area contributed by atoms with Crippen molar-refractivity contribution in [2.24, 2.45) is 5.41 Å². The Balaban J connectivity index is 2.74. The molecule has 1 amide bonds. The number of nitrogens with one attached hydrogen (secondary N) is 2. The molecule has 0 saturated carbocycles. The first kappa shape index (κ1) is 16.3. The minimum atomic E-state index is -0.206. The average Bonchev–Trinajstić information content (AvgIpc) is 2.43. The maximum Gasteiger partial charge on any atom is 0.252 e. The predicted molar refractivity (Wildman–Crippen MR) is 82.0 cm³/mol. The van der Waals surface area contributed by atoms with Gasteiger partial charge in [0, 0.05) is 25.7 Å². The van der Waals surface area contributed by atoms with Crippen LogP contribution in [0.25, 0.3) is 0 Å². The Labute approximate surface area is 125 Å². The summed E-state index contributed by atoms with van der Waals surface area (Å²) < 4.78 is 0. The number of nitriles is 1. The lowest BCUT2D eigenvalue weighted by Gasteiger charge is -2.24. The van der Waals surface area contributed by atoms with E-state index in [1.807, 2.05) is 6.07 Å². The summed E-state index contributed by atoms with van der Waals surface area (Å²) in [7, 11) is 1.57. The summed E-state index contributed by atoms with van der Waals surface area (Å²) in [5.41, 5.74) is 1.31. The highest BCUT2D eigenvalue weighted by Crippen LogP contribution is 2.25. The first-order valence-electron chi connectivity index (χ1n) is 6.52. The van der Waals surface area contributed by atoms with Crippen LogP contribution in [0.4, 0.5) is 5.69 Å². The molecule has 0 aromatic heterocycles. The van der Waals surface area contributed by atoms with Gasteiger partial charge in [-0.15, -0.1) is 0 Å². The van der Waals surface area contributed by atoms with Crippen molar-refractivity contribution >= 4 is 23.2 Å². The van der Waals surface area contributed by atoms with E-state index in [-0.39, 0.29) is 11.3 Å². The second kappa shape index (κ2) is 7.16. The van der Waals surface area contributed by atoms with E-state index in [4.69, 9.17) is 16.9 Å². The molecule has 5 heteroatoms. The van der Waals surface area contributed by atoms with Gasteiger partial charge in [-0.25, -0.2) is 0 Å². The summed E-state index contributed by atoms with van der Waals surface area (Å²) in [6.45, 7) is 4.93. The highest BCUT2D eigenvalue weighted by atomic mass is 35.5. The lowest BCUT2D eigenvalue weighted by atomic mass is 9.88. The van der Waals surface area contributed by atoms with Gasteiger partial charge in [0.2, 0.25) is 0 Å². The second-order valence-corrected chi connectivity index (χ2v) is 5.86. The van der Waals surface area contributed by atoms with Crippen LogP contribution in [0.3, 0.4) is 0 Å². The Morgan fingerprint density at radius 2 is 2.15 bits per heavy atom. The van der Waals surface area contributed by atoms with Crippen LogP contribution in [0.15, 0.2) is 18.2 Å². The van der Waals surface area contributed by atoms with E-state index in [1.54, 1.807) is 19.2 Å². The largest absolute Gasteiger partial charge is 0.384 e. The average molecular weight is 294 g/mol. The Morgan fingerprint density at radius 3 is 2.75 bits per heavy atom. The molecule has 0 atom stereocenters. The van der Waals surface area contributed by atoms with Crippen LogP contribution in [-0.4, -0.2) is 19.5 Å². The third-order valence-corrected chi connectivity index (χ3v) is 3.45. The van der Waals surface area contributed by atoms with Gasteiger partial charge in [-0.2, -0.15) is 5.26 Å². The van der Waals surface area contributed by atoms with Gasteiger partial charge in [0.1, 0.15) is 0 Å². The minimum absolute atomic E-state index is 0.0164. The molecule has 108 valence electrons. The number of hydrogen-bond donors (Lipinski definition) is 2. The van der Waals surface area contributed by atoms with Gasteiger partial charge >= 0.3 is 0 Å². The molecule has 0 fully saturated rings.